The van der Waals surface area contributed by atoms with Crippen molar-refractivity contribution in [2.24, 2.45) is 5.92 Å². The molecule has 3 N–H and O–H groups in total. The highest BCUT2D eigenvalue weighted by atomic mass is 79.9. The number of aromatic amines is 1. The van der Waals surface area contributed by atoms with E-state index in [-0.39, 0.29) is 17.3 Å². The number of hydrogen-bond donors (Lipinski definition) is 3. The number of nitrogens with zero attached hydrogens (tertiary/aromatic N) is 2. The lowest BCUT2D eigenvalue weighted by molar-refractivity contribution is -0.119. The first kappa shape index (κ1) is 22.0. The standard InChI is InChI=1S/C24H20BrN5O4/c25-15-5-3-14(4-6-15)19-16(11-26)22(31)28-21-20(19)23(32)30-24(29-21)27-12-13-2-7-17-18(10-13)34-9-1-8-33-17/h2-7,10,16,19H,1,8-9,12H2,(H3,27,28,29,30,31,32). The first-order valence-corrected chi connectivity index (χ1v) is 11.6. The zero-order valence-corrected chi connectivity index (χ0v) is 19.5. The number of benzene rings is 2. The Kier molecular flexibility index (Phi) is 5.94. The van der Waals surface area contributed by atoms with Crippen LogP contribution in [0.15, 0.2) is 51.7 Å². The van der Waals surface area contributed by atoms with Gasteiger partial charge in [0.1, 0.15) is 11.7 Å². The van der Waals surface area contributed by atoms with Gasteiger partial charge in [-0.15, -0.1) is 0 Å². The van der Waals surface area contributed by atoms with Crippen molar-refractivity contribution in [3.8, 4) is 17.6 Å². The van der Waals surface area contributed by atoms with Crippen molar-refractivity contribution in [1.82, 2.24) is 9.97 Å². The maximum absolute atomic E-state index is 13.1. The second kappa shape index (κ2) is 9.19. The molecule has 0 aliphatic carbocycles. The van der Waals surface area contributed by atoms with Crippen molar-refractivity contribution in [3.63, 3.8) is 0 Å². The molecule has 0 radical (unpaired) electrons. The van der Waals surface area contributed by atoms with E-state index in [4.69, 9.17) is 9.47 Å². The number of amides is 1. The summed E-state index contributed by atoms with van der Waals surface area (Å²) in [6.45, 7) is 1.57. The molecular weight excluding hydrogens is 502 g/mol. The van der Waals surface area contributed by atoms with Gasteiger partial charge in [-0.1, -0.05) is 34.1 Å². The Morgan fingerprint density at radius 3 is 2.65 bits per heavy atom. The van der Waals surface area contributed by atoms with Gasteiger partial charge in [-0.3, -0.25) is 14.6 Å². The third-order valence-corrected chi connectivity index (χ3v) is 6.29. The van der Waals surface area contributed by atoms with E-state index in [9.17, 15) is 14.9 Å². The number of fused-ring (bicyclic) bond motifs is 2. The smallest absolute Gasteiger partial charge is 0.258 e. The number of rotatable bonds is 4. The first-order valence-electron chi connectivity index (χ1n) is 10.8. The Labute approximate surface area is 203 Å². The number of nitriles is 1. The van der Waals surface area contributed by atoms with Gasteiger partial charge in [0.15, 0.2) is 11.5 Å². The maximum atomic E-state index is 13.1. The monoisotopic (exact) mass is 521 g/mol. The van der Waals surface area contributed by atoms with E-state index < -0.39 is 23.3 Å². The highest BCUT2D eigenvalue weighted by Crippen LogP contribution is 2.38. The zero-order chi connectivity index (χ0) is 23.7. The van der Waals surface area contributed by atoms with Gasteiger partial charge >= 0.3 is 0 Å². The van der Waals surface area contributed by atoms with E-state index in [0.29, 0.717) is 36.8 Å². The summed E-state index contributed by atoms with van der Waals surface area (Å²) >= 11 is 3.38. The van der Waals surface area contributed by atoms with Crippen molar-refractivity contribution in [2.75, 3.05) is 23.8 Å². The van der Waals surface area contributed by atoms with Crippen molar-refractivity contribution in [2.45, 2.75) is 18.9 Å². The summed E-state index contributed by atoms with van der Waals surface area (Å²) in [5.41, 5.74) is 1.44. The van der Waals surface area contributed by atoms with Gasteiger partial charge in [-0.2, -0.15) is 10.2 Å². The van der Waals surface area contributed by atoms with Gasteiger partial charge in [0.05, 0.1) is 24.8 Å². The van der Waals surface area contributed by atoms with E-state index >= 15 is 0 Å². The van der Waals surface area contributed by atoms with E-state index in [2.05, 4.69) is 36.5 Å². The molecule has 10 heteroatoms. The van der Waals surface area contributed by atoms with E-state index in [0.717, 1.165) is 16.5 Å². The minimum Gasteiger partial charge on any atom is -0.490 e. The fourth-order valence-electron chi connectivity index (χ4n) is 4.13. The molecule has 2 aliphatic heterocycles. The van der Waals surface area contributed by atoms with Crippen LogP contribution >= 0.6 is 15.9 Å². The molecule has 3 heterocycles. The number of carbonyl (C=O) groups is 1. The van der Waals surface area contributed by atoms with E-state index in [1.807, 2.05) is 36.4 Å². The third kappa shape index (κ3) is 4.22. The number of halogens is 1. The van der Waals surface area contributed by atoms with Crippen LogP contribution in [-0.2, 0) is 11.3 Å². The molecule has 34 heavy (non-hydrogen) atoms. The molecule has 0 spiro atoms. The highest BCUT2D eigenvalue weighted by molar-refractivity contribution is 9.10. The average Bonchev–Trinajstić information content (AvgIpc) is 3.07. The highest BCUT2D eigenvalue weighted by Gasteiger charge is 2.40. The molecular formula is C24H20BrN5O4. The molecule has 2 aromatic carbocycles. The number of aromatic nitrogens is 2. The second-order valence-corrected chi connectivity index (χ2v) is 8.90. The summed E-state index contributed by atoms with van der Waals surface area (Å²) < 4.78 is 12.2. The Balaban J connectivity index is 1.44. The number of anilines is 2. The molecule has 2 unspecified atom stereocenters. The Hall–Kier alpha value is -3.84. The molecule has 1 amide bonds. The second-order valence-electron chi connectivity index (χ2n) is 7.99. The van der Waals surface area contributed by atoms with Gasteiger partial charge in [-0.25, -0.2) is 0 Å². The molecule has 9 nitrogen and oxygen atoms in total. The summed E-state index contributed by atoms with van der Waals surface area (Å²) in [7, 11) is 0. The topological polar surface area (TPSA) is 129 Å². The SMILES string of the molecule is N#CC1C(=O)Nc2nc(NCc3ccc4c(c3)OCCCO4)[nH]c(=O)c2C1c1ccc(Br)cc1. The maximum Gasteiger partial charge on any atom is 0.258 e. The van der Waals surface area contributed by atoms with Crippen molar-refractivity contribution >= 4 is 33.6 Å². The first-order chi connectivity index (χ1) is 16.5. The van der Waals surface area contributed by atoms with Crippen LogP contribution in [0.2, 0.25) is 0 Å². The van der Waals surface area contributed by atoms with Crippen LogP contribution in [0.4, 0.5) is 11.8 Å². The van der Waals surface area contributed by atoms with Crippen LogP contribution < -0.4 is 25.7 Å². The van der Waals surface area contributed by atoms with Crippen LogP contribution in [0.3, 0.4) is 0 Å². The van der Waals surface area contributed by atoms with Crippen LogP contribution in [0, 0.1) is 17.2 Å². The largest absolute Gasteiger partial charge is 0.490 e. The lowest BCUT2D eigenvalue weighted by atomic mass is 9.79. The molecule has 5 rings (SSSR count). The predicted molar refractivity (Wildman–Crippen MR) is 128 cm³/mol. The molecule has 0 saturated carbocycles. The van der Waals surface area contributed by atoms with Crippen molar-refractivity contribution < 1.29 is 14.3 Å². The van der Waals surface area contributed by atoms with Crippen molar-refractivity contribution in [3.05, 3.63) is 74.0 Å². The summed E-state index contributed by atoms with van der Waals surface area (Å²) in [6.07, 6.45) is 0.822. The molecule has 3 aromatic rings. The van der Waals surface area contributed by atoms with Gasteiger partial charge in [0.2, 0.25) is 11.9 Å². The zero-order valence-electron chi connectivity index (χ0n) is 17.9. The van der Waals surface area contributed by atoms with Crippen molar-refractivity contribution in [1.29, 1.82) is 5.26 Å². The minimum absolute atomic E-state index is 0.148. The molecule has 172 valence electrons. The number of nitrogens with one attached hydrogen (secondary N) is 3. The Morgan fingerprint density at radius 2 is 1.88 bits per heavy atom. The van der Waals surface area contributed by atoms with E-state index in [1.54, 1.807) is 12.1 Å². The van der Waals surface area contributed by atoms with E-state index in [1.165, 1.54) is 0 Å². The quantitative estimate of drug-likeness (QED) is 0.478. The predicted octanol–water partition coefficient (Wildman–Crippen LogP) is 3.53. The molecule has 1 aromatic heterocycles. The molecule has 0 fully saturated rings. The third-order valence-electron chi connectivity index (χ3n) is 5.76. The summed E-state index contributed by atoms with van der Waals surface area (Å²) in [6, 6.07) is 14.9. The van der Waals surface area contributed by atoms with Gasteiger partial charge < -0.3 is 20.1 Å². The van der Waals surface area contributed by atoms with Gasteiger partial charge in [0, 0.05) is 23.4 Å². The fourth-order valence-corrected chi connectivity index (χ4v) is 4.39. The average molecular weight is 522 g/mol. The summed E-state index contributed by atoms with van der Waals surface area (Å²) in [5.74, 6) is -0.525. The summed E-state index contributed by atoms with van der Waals surface area (Å²) in [5, 5.41) is 15.4. The van der Waals surface area contributed by atoms with Crippen LogP contribution in [-0.4, -0.2) is 29.1 Å². The summed E-state index contributed by atoms with van der Waals surface area (Å²) in [4.78, 5) is 32.9. The minimum atomic E-state index is -1.04. The normalized spacial score (nSPS) is 18.8. The molecule has 0 saturated heterocycles. The Morgan fingerprint density at radius 1 is 1.12 bits per heavy atom. The molecule has 0 bridgehead atoms. The van der Waals surface area contributed by atoms with Crippen LogP contribution in [0.1, 0.15) is 29.0 Å². The number of hydrogen-bond acceptors (Lipinski definition) is 7. The number of ether oxygens (including phenoxy) is 2. The lowest BCUT2D eigenvalue weighted by Gasteiger charge is -2.28. The van der Waals surface area contributed by atoms with Gasteiger partial charge in [-0.05, 0) is 35.4 Å². The van der Waals surface area contributed by atoms with Gasteiger partial charge in [0.25, 0.3) is 5.56 Å². The fraction of sp³-hybridized carbons (Fsp3) is 0.250. The Bertz CT molecular complexity index is 1350. The lowest BCUT2D eigenvalue weighted by Crippen LogP contribution is -2.38. The number of H-pyrrole nitrogens is 1. The molecule has 2 aliphatic rings. The van der Waals surface area contributed by atoms with Crippen LogP contribution in [0.25, 0.3) is 0 Å². The number of carbonyl (C=O) groups excluding carboxylic acids is 1. The van der Waals surface area contributed by atoms with Crippen LogP contribution in [0.5, 0.6) is 11.5 Å². The molecule has 2 atom stereocenters.